The molecule has 230 valence electrons. The van der Waals surface area contributed by atoms with Gasteiger partial charge in [0, 0.05) is 17.8 Å². The van der Waals surface area contributed by atoms with Crippen molar-refractivity contribution in [2.45, 2.75) is 14.7 Å². The molecule has 0 saturated carbocycles. The molecule has 19 nitrogen and oxygen atoms in total. The van der Waals surface area contributed by atoms with Crippen molar-refractivity contribution in [3.63, 3.8) is 0 Å². The van der Waals surface area contributed by atoms with Crippen LogP contribution in [0.15, 0.2) is 89.7 Å². The van der Waals surface area contributed by atoms with E-state index in [4.69, 9.17) is 16.2 Å². The quantitative estimate of drug-likeness (QED) is 0.0174. The van der Waals surface area contributed by atoms with Gasteiger partial charge in [-0.3, -0.25) is 14.7 Å². The third kappa shape index (κ3) is 7.34. The van der Waals surface area contributed by atoms with E-state index in [2.05, 4.69) is 39.2 Å². The topological polar surface area (TPSA) is 291 Å². The summed E-state index contributed by atoms with van der Waals surface area (Å²) in [5.74, 6) is -1.77. The summed E-state index contributed by atoms with van der Waals surface area (Å²) in [7, 11) is -5.12. The molecular weight excluding hydrogens is 652 g/mol. The smallest absolute Gasteiger partial charge is 0.296 e. The third-order valence-corrected chi connectivity index (χ3v) is 7.53. The first-order chi connectivity index (χ1) is 20.9. The first-order valence-corrected chi connectivity index (χ1v) is 14.2. The average Bonchev–Trinajstić information content (AvgIpc) is 2.98. The van der Waals surface area contributed by atoms with Crippen molar-refractivity contribution in [1.82, 2.24) is 0 Å². The van der Waals surface area contributed by atoms with Gasteiger partial charge in [-0.15, -0.1) is 24.0 Å². The number of fused-ring (bicyclic) bond motifs is 1. The maximum absolute atomic E-state index is 12.3. The monoisotopic (exact) mass is 668 g/mol. The number of anilines is 1. The number of rotatable bonds is 12. The van der Waals surface area contributed by atoms with Gasteiger partial charge in [-0.25, -0.2) is 10.5 Å². The molecule has 22 heteroatoms. The highest BCUT2D eigenvalue weighted by Gasteiger charge is 2.26. The summed E-state index contributed by atoms with van der Waals surface area (Å²) >= 11 is 0.599. The van der Waals surface area contributed by atoms with Crippen LogP contribution in [0, 0.1) is 10.1 Å². The van der Waals surface area contributed by atoms with Crippen LogP contribution < -0.4 is 5.73 Å². The highest BCUT2D eigenvalue weighted by molar-refractivity contribution is 7.95. The Balaban J connectivity index is 1.93. The Morgan fingerprint density at radius 1 is 0.818 bits per heavy atom. The van der Waals surface area contributed by atoms with Gasteiger partial charge in [0.1, 0.15) is 22.0 Å². The van der Waals surface area contributed by atoms with Crippen LogP contribution in [0.25, 0.3) is 10.8 Å². The Hall–Kier alpha value is -4.49. The van der Waals surface area contributed by atoms with Crippen LogP contribution in [-0.2, 0) is 28.9 Å². The van der Waals surface area contributed by atoms with Crippen LogP contribution in [0.3, 0.4) is 0 Å². The molecule has 0 radical (unpaired) electrons. The van der Waals surface area contributed by atoms with Crippen LogP contribution in [0.2, 0.25) is 0 Å². The fourth-order valence-corrected chi connectivity index (χ4v) is 5.16. The van der Waals surface area contributed by atoms with Gasteiger partial charge >= 0.3 is 0 Å². The number of nitrogens with zero attached hydrogens (tertiary/aromatic N) is 5. The van der Waals surface area contributed by atoms with Crippen molar-refractivity contribution >= 4 is 79.1 Å². The summed E-state index contributed by atoms with van der Waals surface area (Å²) in [6, 6.07) is 11.1. The molecule has 0 aliphatic carbocycles. The molecule has 4 aromatic rings. The lowest BCUT2D eigenvalue weighted by atomic mass is 10.1. The Morgan fingerprint density at radius 3 is 2.05 bits per heavy atom. The minimum absolute atomic E-state index is 0.100. The number of nitro benzene ring substituents is 1. The highest BCUT2D eigenvalue weighted by Crippen LogP contribution is 2.51. The molecule has 4 aromatic carbocycles. The van der Waals surface area contributed by atoms with Gasteiger partial charge in [-0.2, -0.15) is 13.5 Å². The summed E-state index contributed by atoms with van der Waals surface area (Å²) < 4.78 is 43.2. The van der Waals surface area contributed by atoms with Crippen molar-refractivity contribution in [2.24, 2.45) is 20.5 Å². The van der Waals surface area contributed by atoms with E-state index in [9.17, 15) is 33.3 Å². The lowest BCUT2D eigenvalue weighted by molar-refractivity contribution is -0.432. The van der Waals surface area contributed by atoms with E-state index in [1.807, 2.05) is 0 Å². The number of nitrogen functional groups attached to an aromatic ring is 1. The second kappa shape index (κ2) is 13.9. The van der Waals surface area contributed by atoms with E-state index in [1.165, 1.54) is 24.3 Å². The number of hydrogen-bond donors (Lipinski definition) is 6. The van der Waals surface area contributed by atoms with Gasteiger partial charge < -0.3 is 15.9 Å². The van der Waals surface area contributed by atoms with Crippen LogP contribution >= 0.6 is 24.1 Å². The van der Waals surface area contributed by atoms with Crippen LogP contribution in [-0.4, -0.2) is 38.6 Å². The van der Waals surface area contributed by atoms with E-state index in [1.54, 1.807) is 0 Å². The van der Waals surface area contributed by atoms with Gasteiger partial charge in [-0.05, 0) is 47.9 Å². The predicted octanol–water partition coefficient (Wildman–Crippen LogP) is 6.68. The normalized spacial score (nSPS) is 12.1. The fourth-order valence-electron chi connectivity index (χ4n) is 3.54. The Morgan fingerprint density at radius 2 is 1.43 bits per heavy atom. The number of nitro groups is 1. The van der Waals surface area contributed by atoms with Gasteiger partial charge in [0.25, 0.3) is 15.8 Å². The molecule has 0 heterocycles. The number of azo groups is 2. The first kappa shape index (κ1) is 32.4. The minimum atomic E-state index is -5.12. The standard InChI is InChI=1S/C22H16N6O13S3/c23-11-1-3-12(4-2-11)24-26-19-16(43-41-39-34)7-10-8-17(44(35,36)37)20(22(30)18(10)21(19)29)27-25-14-6-5-13(28(31)32)9-15(14)42-40-38-33/h1-9,29-30,33-34H,23H2,(H,35,36,37)/b26-24+,27-25+. The number of benzene rings is 4. The molecular formula is C22H16N6O13S3. The molecule has 4 rings (SSSR count). The summed E-state index contributed by atoms with van der Waals surface area (Å²) in [6.45, 7) is 0. The maximum atomic E-state index is 12.3. The molecule has 0 unspecified atom stereocenters. The molecule has 0 atom stereocenters. The van der Waals surface area contributed by atoms with Crippen molar-refractivity contribution in [3.05, 3.63) is 64.7 Å². The number of phenols is 2. The second-order valence-corrected chi connectivity index (χ2v) is 10.9. The number of non-ortho nitro benzene ring substituents is 1. The van der Waals surface area contributed by atoms with Crippen LogP contribution in [0.1, 0.15) is 0 Å². The molecule has 0 bridgehead atoms. The highest BCUT2D eigenvalue weighted by atomic mass is 32.2. The van der Waals surface area contributed by atoms with Crippen LogP contribution in [0.4, 0.5) is 34.1 Å². The number of phenolic OH excluding ortho intramolecular Hbond substituents is 2. The van der Waals surface area contributed by atoms with E-state index in [-0.39, 0.29) is 38.6 Å². The number of hydrogen-bond acceptors (Lipinski definition) is 19. The average molecular weight is 669 g/mol. The van der Waals surface area contributed by atoms with Crippen LogP contribution in [0.5, 0.6) is 11.5 Å². The maximum Gasteiger partial charge on any atom is 0.296 e. The molecule has 44 heavy (non-hydrogen) atoms. The number of nitrogens with two attached hydrogens (primary N) is 1. The predicted molar refractivity (Wildman–Crippen MR) is 151 cm³/mol. The molecule has 0 aliphatic heterocycles. The van der Waals surface area contributed by atoms with Gasteiger partial charge in [0.05, 0.1) is 49.9 Å². The van der Waals surface area contributed by atoms with Crippen molar-refractivity contribution < 1.29 is 57.4 Å². The molecule has 0 spiro atoms. The number of aromatic hydroxyl groups is 2. The van der Waals surface area contributed by atoms with E-state index >= 15 is 0 Å². The van der Waals surface area contributed by atoms with E-state index < -0.39 is 48.2 Å². The van der Waals surface area contributed by atoms with E-state index in [0.29, 0.717) is 23.4 Å². The Bertz CT molecular complexity index is 1890. The largest absolute Gasteiger partial charge is 0.505 e. The summed E-state index contributed by atoms with van der Waals surface area (Å²) in [5.41, 5.74) is 4.57. The molecule has 0 aromatic heterocycles. The van der Waals surface area contributed by atoms with Gasteiger partial charge in [0.2, 0.25) is 0 Å². The zero-order valence-corrected chi connectivity index (χ0v) is 23.7. The molecule has 0 fully saturated rings. The second-order valence-electron chi connectivity index (χ2n) is 8.07. The third-order valence-electron chi connectivity index (χ3n) is 5.41. The summed E-state index contributed by atoms with van der Waals surface area (Å²) in [5, 5.41) is 72.4. The van der Waals surface area contributed by atoms with Gasteiger partial charge in [0.15, 0.2) is 11.5 Å². The lowest BCUT2D eigenvalue weighted by Gasteiger charge is -2.13. The lowest BCUT2D eigenvalue weighted by Crippen LogP contribution is -1.99. The SMILES string of the molecule is Nc1ccc(/N=N/c2c(SOOO)cc3cc(S(=O)(=O)O)c(/N=N/c4ccc([N+](=O)[O-])cc4SOOO)c(O)c3c2O)cc1. The molecule has 0 amide bonds. The Labute approximate surface area is 253 Å². The Kier molecular flexibility index (Phi) is 10.2. The molecule has 0 aliphatic rings. The first-order valence-electron chi connectivity index (χ1n) is 11.2. The van der Waals surface area contributed by atoms with E-state index in [0.717, 1.165) is 30.3 Å². The molecule has 0 saturated heterocycles. The summed E-state index contributed by atoms with van der Waals surface area (Å²) in [4.78, 5) is 9.19. The zero-order chi connectivity index (χ0) is 32.0. The van der Waals surface area contributed by atoms with Crippen molar-refractivity contribution in [2.75, 3.05) is 5.73 Å². The van der Waals surface area contributed by atoms with Crippen molar-refractivity contribution in [3.8, 4) is 11.5 Å². The molecule has 7 N–H and O–H groups in total. The minimum Gasteiger partial charge on any atom is -0.505 e. The van der Waals surface area contributed by atoms with Crippen molar-refractivity contribution in [1.29, 1.82) is 0 Å². The fraction of sp³-hybridized carbons (Fsp3) is 0. The zero-order valence-electron chi connectivity index (χ0n) is 21.2. The van der Waals surface area contributed by atoms with Gasteiger partial charge in [-0.1, -0.05) is 10.1 Å². The summed E-state index contributed by atoms with van der Waals surface area (Å²) in [6.07, 6.45) is 0.